The van der Waals surface area contributed by atoms with E-state index in [1.54, 1.807) is 44.6 Å². The van der Waals surface area contributed by atoms with E-state index in [0.29, 0.717) is 34.9 Å². The summed E-state index contributed by atoms with van der Waals surface area (Å²) in [5.41, 5.74) is 6.40. The molecule has 10 heteroatoms. The molecule has 0 aliphatic heterocycles. The molecule has 3 rings (SSSR count). The van der Waals surface area contributed by atoms with Crippen LogP contribution in [0.4, 0.5) is 5.69 Å². The number of hydrogen-bond acceptors (Lipinski definition) is 7. The fraction of sp³-hybridized carbons (Fsp3) is 0.241. The fourth-order valence-electron chi connectivity index (χ4n) is 3.75. The van der Waals surface area contributed by atoms with Gasteiger partial charge in [-0.25, -0.2) is 5.43 Å². The Labute approximate surface area is 227 Å². The summed E-state index contributed by atoms with van der Waals surface area (Å²) in [7, 11) is 3.10. The van der Waals surface area contributed by atoms with Crippen LogP contribution in [0, 0.1) is 13.8 Å². The second kappa shape index (κ2) is 14.2. The lowest BCUT2D eigenvalue weighted by Gasteiger charge is -2.10. The van der Waals surface area contributed by atoms with Gasteiger partial charge in [-0.15, -0.1) is 0 Å². The molecule has 0 spiro atoms. The predicted octanol–water partition coefficient (Wildman–Crippen LogP) is 3.15. The third kappa shape index (κ3) is 8.89. The molecular weight excluding hydrogens is 500 g/mol. The Hall–Kier alpha value is -4.86. The zero-order valence-electron chi connectivity index (χ0n) is 22.4. The van der Waals surface area contributed by atoms with Gasteiger partial charge in [0.2, 0.25) is 0 Å². The first-order valence-corrected chi connectivity index (χ1v) is 12.2. The molecule has 10 nitrogen and oxygen atoms in total. The summed E-state index contributed by atoms with van der Waals surface area (Å²) in [5, 5.41) is 9.21. The van der Waals surface area contributed by atoms with Gasteiger partial charge in [0, 0.05) is 17.8 Å². The van der Waals surface area contributed by atoms with Crippen LogP contribution in [-0.4, -0.2) is 51.3 Å². The van der Waals surface area contributed by atoms with E-state index in [0.717, 1.165) is 16.7 Å². The molecule has 3 aromatic rings. The monoisotopic (exact) mass is 532 g/mol. The first-order valence-electron chi connectivity index (χ1n) is 12.2. The van der Waals surface area contributed by atoms with E-state index in [1.807, 2.05) is 44.2 Å². The van der Waals surface area contributed by atoms with E-state index < -0.39 is 11.8 Å². The number of carbonyl (C=O) groups is 3. The number of hydrazone groups is 1. The number of nitrogens with one attached hydrogen (secondary N) is 3. The number of hydrogen-bond donors (Lipinski definition) is 3. The van der Waals surface area contributed by atoms with E-state index in [4.69, 9.17) is 14.2 Å². The van der Waals surface area contributed by atoms with Crippen LogP contribution >= 0.6 is 0 Å². The number of rotatable bonds is 11. The number of para-hydroxylation sites is 1. The van der Waals surface area contributed by atoms with Crippen LogP contribution in [-0.2, 0) is 20.8 Å². The lowest BCUT2D eigenvalue weighted by molar-refractivity contribution is -0.139. The van der Waals surface area contributed by atoms with Gasteiger partial charge < -0.3 is 24.8 Å². The molecule has 0 radical (unpaired) electrons. The third-order valence-electron chi connectivity index (χ3n) is 5.51. The number of carbonyl (C=O) groups excluding carboxylic acids is 3. The molecule has 0 unspecified atom stereocenters. The molecule has 0 saturated heterocycles. The third-order valence-corrected chi connectivity index (χ3v) is 5.51. The molecule has 0 atom stereocenters. The zero-order chi connectivity index (χ0) is 28.2. The van der Waals surface area contributed by atoms with Crippen molar-refractivity contribution in [2.75, 3.05) is 32.7 Å². The van der Waals surface area contributed by atoms with E-state index in [1.165, 1.54) is 6.21 Å². The maximum absolute atomic E-state index is 12.4. The molecule has 0 heterocycles. The van der Waals surface area contributed by atoms with Crippen LogP contribution in [0.3, 0.4) is 0 Å². The Morgan fingerprint density at radius 1 is 0.846 bits per heavy atom. The molecule has 0 fully saturated rings. The first-order chi connectivity index (χ1) is 18.8. The number of ether oxygens (including phenoxy) is 3. The highest BCUT2D eigenvalue weighted by molar-refractivity contribution is 6.35. The van der Waals surface area contributed by atoms with Gasteiger partial charge >= 0.3 is 11.8 Å². The predicted molar refractivity (Wildman–Crippen MR) is 148 cm³/mol. The zero-order valence-corrected chi connectivity index (χ0v) is 22.4. The average molecular weight is 533 g/mol. The van der Waals surface area contributed by atoms with Gasteiger partial charge in [-0.05, 0) is 73.4 Å². The Morgan fingerprint density at radius 3 is 2.28 bits per heavy atom. The van der Waals surface area contributed by atoms with Crippen molar-refractivity contribution in [3.8, 4) is 17.2 Å². The van der Waals surface area contributed by atoms with Crippen molar-refractivity contribution >= 4 is 29.6 Å². The van der Waals surface area contributed by atoms with Gasteiger partial charge in [-0.2, -0.15) is 5.10 Å². The maximum Gasteiger partial charge on any atom is 0.329 e. The number of nitrogens with zero attached hydrogens (tertiary/aromatic N) is 1. The first kappa shape index (κ1) is 28.7. The molecule has 0 aliphatic carbocycles. The molecular formula is C29H32N4O6. The second-order valence-corrected chi connectivity index (χ2v) is 8.65. The van der Waals surface area contributed by atoms with E-state index in [-0.39, 0.29) is 19.1 Å². The lowest BCUT2D eigenvalue weighted by atomic mass is 10.1. The van der Waals surface area contributed by atoms with Gasteiger partial charge in [0.05, 0.1) is 20.4 Å². The number of aryl methyl sites for hydroxylation is 2. The summed E-state index contributed by atoms with van der Waals surface area (Å²) in [6.07, 6.45) is 1.83. The second-order valence-electron chi connectivity index (χ2n) is 8.65. The van der Waals surface area contributed by atoms with Crippen molar-refractivity contribution in [3.63, 3.8) is 0 Å². The summed E-state index contributed by atoms with van der Waals surface area (Å²) in [5.74, 6) is -0.463. The fourth-order valence-corrected chi connectivity index (χ4v) is 3.75. The molecule has 204 valence electrons. The number of anilines is 1. The molecule has 3 N–H and O–H groups in total. The maximum atomic E-state index is 12.4. The topological polar surface area (TPSA) is 127 Å². The standard InChI is InChI=1S/C29H32N4O6/c1-19-13-20(2)15-23(14-19)32-27(34)18-39-24-8-6-5-7-22(24)17-31-33-29(36)28(35)30-12-11-21-9-10-25(37-3)26(16-21)38-4/h5-10,13-17H,11-12,18H2,1-4H3,(H,30,35)(H,32,34)(H,33,36)/b31-17-. The Kier molecular flexibility index (Phi) is 10.4. The highest BCUT2D eigenvalue weighted by atomic mass is 16.5. The Bertz CT molecular complexity index is 1340. The van der Waals surface area contributed by atoms with Crippen molar-refractivity contribution in [1.29, 1.82) is 0 Å². The Morgan fingerprint density at radius 2 is 1.56 bits per heavy atom. The summed E-state index contributed by atoms with van der Waals surface area (Å²) >= 11 is 0. The Balaban J connectivity index is 1.47. The van der Waals surface area contributed by atoms with Crippen LogP contribution in [0.15, 0.2) is 65.8 Å². The van der Waals surface area contributed by atoms with Gasteiger partial charge in [-0.1, -0.05) is 24.3 Å². The lowest BCUT2D eigenvalue weighted by Crippen LogP contribution is -2.38. The number of amides is 3. The van der Waals surface area contributed by atoms with Crippen LogP contribution < -0.4 is 30.3 Å². The van der Waals surface area contributed by atoms with Gasteiger partial charge in [-0.3, -0.25) is 14.4 Å². The molecule has 0 aromatic heterocycles. The minimum absolute atomic E-state index is 0.216. The molecule has 0 saturated carbocycles. The quantitative estimate of drug-likeness (QED) is 0.198. The van der Waals surface area contributed by atoms with Crippen molar-refractivity contribution in [1.82, 2.24) is 10.7 Å². The number of methoxy groups -OCH3 is 2. The molecule has 39 heavy (non-hydrogen) atoms. The van der Waals surface area contributed by atoms with Crippen molar-refractivity contribution in [2.45, 2.75) is 20.3 Å². The van der Waals surface area contributed by atoms with Gasteiger partial charge in [0.15, 0.2) is 18.1 Å². The molecule has 0 aliphatic rings. The molecule has 3 amide bonds. The van der Waals surface area contributed by atoms with E-state index >= 15 is 0 Å². The molecule has 3 aromatic carbocycles. The summed E-state index contributed by atoms with van der Waals surface area (Å²) in [4.78, 5) is 36.6. The van der Waals surface area contributed by atoms with E-state index in [9.17, 15) is 14.4 Å². The highest BCUT2D eigenvalue weighted by Crippen LogP contribution is 2.27. The van der Waals surface area contributed by atoms with Crippen molar-refractivity contribution in [2.24, 2.45) is 5.10 Å². The van der Waals surface area contributed by atoms with Crippen LogP contribution in [0.2, 0.25) is 0 Å². The summed E-state index contributed by atoms with van der Waals surface area (Å²) in [6.45, 7) is 3.94. The minimum atomic E-state index is -0.912. The largest absolute Gasteiger partial charge is 0.493 e. The summed E-state index contributed by atoms with van der Waals surface area (Å²) < 4.78 is 16.1. The van der Waals surface area contributed by atoms with Crippen LogP contribution in [0.1, 0.15) is 22.3 Å². The normalized spacial score (nSPS) is 10.6. The van der Waals surface area contributed by atoms with Crippen molar-refractivity contribution < 1.29 is 28.6 Å². The minimum Gasteiger partial charge on any atom is -0.493 e. The SMILES string of the molecule is COc1ccc(CCNC(=O)C(=O)N/N=C\c2ccccc2OCC(=O)Nc2cc(C)cc(C)c2)cc1OC. The van der Waals surface area contributed by atoms with Gasteiger partial charge in [0.1, 0.15) is 5.75 Å². The van der Waals surface area contributed by atoms with Crippen LogP contribution in [0.25, 0.3) is 0 Å². The number of benzene rings is 3. The molecule has 0 bridgehead atoms. The smallest absolute Gasteiger partial charge is 0.329 e. The summed E-state index contributed by atoms with van der Waals surface area (Å²) in [6, 6.07) is 18.1. The van der Waals surface area contributed by atoms with Crippen molar-refractivity contribution in [3.05, 3.63) is 82.9 Å². The average Bonchev–Trinajstić information content (AvgIpc) is 2.91. The van der Waals surface area contributed by atoms with E-state index in [2.05, 4.69) is 21.2 Å². The van der Waals surface area contributed by atoms with Crippen LogP contribution in [0.5, 0.6) is 17.2 Å². The van der Waals surface area contributed by atoms with Gasteiger partial charge in [0.25, 0.3) is 5.91 Å². The highest BCUT2D eigenvalue weighted by Gasteiger charge is 2.13.